The Morgan fingerprint density at radius 2 is 1.57 bits per heavy atom. The van der Waals surface area contributed by atoms with Crippen LogP contribution < -0.4 is 5.32 Å². The van der Waals surface area contributed by atoms with E-state index < -0.39 is 9.84 Å². The Labute approximate surface area is 251 Å². The average Bonchev–Trinajstić information content (AvgIpc) is 3.48. The minimum absolute atomic E-state index is 0.160. The van der Waals surface area contributed by atoms with Crippen LogP contribution in [-0.4, -0.2) is 81.4 Å². The molecule has 1 N–H and O–H groups in total. The molecule has 1 aliphatic rings. The number of rotatable bonds is 11. The molecule has 2 amide bonds. The number of hydrogen-bond donors (Lipinski definition) is 1. The lowest BCUT2D eigenvalue weighted by Crippen LogP contribution is -2.44. The summed E-state index contributed by atoms with van der Waals surface area (Å²) in [6.07, 6.45) is 1.96. The second-order valence-corrected chi connectivity index (χ2v) is 13.2. The fourth-order valence-electron chi connectivity index (χ4n) is 5.09. The zero-order chi connectivity index (χ0) is 29.4. The molecule has 5 rings (SSSR count). The van der Waals surface area contributed by atoms with Gasteiger partial charge in [-0.2, -0.15) is 0 Å². The zero-order valence-electron chi connectivity index (χ0n) is 23.7. The van der Waals surface area contributed by atoms with E-state index in [1.165, 1.54) is 28.7 Å². The van der Waals surface area contributed by atoms with Gasteiger partial charge in [0.05, 0.1) is 23.8 Å². The third kappa shape index (κ3) is 8.04. The number of thiazole rings is 1. The highest BCUT2D eigenvalue weighted by Crippen LogP contribution is 2.29. The molecule has 8 nitrogen and oxygen atoms in total. The summed E-state index contributed by atoms with van der Waals surface area (Å²) in [7, 11) is -3.27. The number of nitrogens with one attached hydrogen (secondary N) is 1. The number of amides is 2. The van der Waals surface area contributed by atoms with Gasteiger partial charge in [0, 0.05) is 55.8 Å². The highest BCUT2D eigenvalue weighted by Gasteiger charge is 2.21. The van der Waals surface area contributed by atoms with Gasteiger partial charge in [0.1, 0.15) is 0 Å². The van der Waals surface area contributed by atoms with Gasteiger partial charge in [-0.3, -0.25) is 10.2 Å². The van der Waals surface area contributed by atoms with Gasteiger partial charge in [0.2, 0.25) is 0 Å². The van der Waals surface area contributed by atoms with Gasteiger partial charge in [-0.1, -0.05) is 72.8 Å². The maximum atomic E-state index is 13.6. The summed E-state index contributed by atoms with van der Waals surface area (Å²) < 4.78 is 29.1. The maximum absolute atomic E-state index is 13.6. The number of urea groups is 1. The van der Waals surface area contributed by atoms with Crippen LogP contribution in [0, 0.1) is 0 Å². The van der Waals surface area contributed by atoms with Crippen LogP contribution in [0.1, 0.15) is 23.5 Å². The summed E-state index contributed by atoms with van der Waals surface area (Å²) in [6, 6.07) is 27.3. The maximum Gasteiger partial charge on any atom is 0.323 e. The Morgan fingerprint density at radius 1 is 0.952 bits per heavy atom. The molecule has 1 fully saturated rings. The van der Waals surface area contributed by atoms with Crippen LogP contribution in [-0.2, 0) is 14.6 Å². The largest absolute Gasteiger partial charge is 0.379 e. The van der Waals surface area contributed by atoms with E-state index in [4.69, 9.17) is 4.74 Å². The van der Waals surface area contributed by atoms with E-state index in [1.807, 2.05) is 22.4 Å². The van der Waals surface area contributed by atoms with Crippen molar-refractivity contribution < 1.29 is 17.9 Å². The molecule has 1 aliphatic heterocycles. The zero-order valence-corrected chi connectivity index (χ0v) is 25.3. The molecule has 4 aromatic rings. The second kappa shape index (κ2) is 14.1. The molecule has 42 heavy (non-hydrogen) atoms. The summed E-state index contributed by atoms with van der Waals surface area (Å²) >= 11 is 1.35. The third-order valence-electron chi connectivity index (χ3n) is 7.46. The molecule has 3 aromatic carbocycles. The van der Waals surface area contributed by atoms with Gasteiger partial charge < -0.3 is 9.64 Å². The molecule has 1 aromatic heterocycles. The van der Waals surface area contributed by atoms with Gasteiger partial charge in [-0.15, -0.1) is 11.3 Å². The van der Waals surface area contributed by atoms with Crippen LogP contribution in [0.2, 0.25) is 0 Å². The average molecular weight is 605 g/mol. The summed E-state index contributed by atoms with van der Waals surface area (Å²) in [5.74, 6) is 0.160. The fourth-order valence-corrected chi connectivity index (χ4v) is 6.43. The number of hydrogen-bond acceptors (Lipinski definition) is 7. The standard InChI is InChI=1S/C32H36N4O4S2/c1-42(38,39)28-14-12-27(13-15-28)30-24-41-31(33-30)34-32(37)36(19-18-35-20-22-40-23-21-35)17-16-29(25-8-4-2-5-9-25)26-10-6-3-7-11-26/h2-15,24,29H,16-23H2,1H3,(H,33,34,37). The number of aromatic nitrogens is 1. The minimum atomic E-state index is -3.27. The number of anilines is 1. The van der Waals surface area contributed by atoms with Gasteiger partial charge in [0.25, 0.3) is 0 Å². The number of carbonyl (C=O) groups excluding carboxylic acids is 1. The molecule has 0 saturated carbocycles. The van der Waals surface area contributed by atoms with Gasteiger partial charge in [-0.25, -0.2) is 18.2 Å². The Hall–Kier alpha value is -3.57. The molecular weight excluding hydrogens is 569 g/mol. The van der Waals surface area contributed by atoms with E-state index in [-0.39, 0.29) is 16.8 Å². The van der Waals surface area contributed by atoms with Crippen molar-refractivity contribution in [3.05, 3.63) is 101 Å². The van der Waals surface area contributed by atoms with Crippen molar-refractivity contribution in [3.8, 4) is 11.3 Å². The predicted octanol–water partition coefficient (Wildman–Crippen LogP) is 5.60. The summed E-state index contributed by atoms with van der Waals surface area (Å²) in [5.41, 5.74) is 3.92. The van der Waals surface area contributed by atoms with Crippen molar-refractivity contribution in [1.82, 2.24) is 14.8 Å². The molecular formula is C32H36N4O4S2. The molecule has 0 spiro atoms. The quantitative estimate of drug-likeness (QED) is 0.240. The lowest BCUT2D eigenvalue weighted by Gasteiger charge is -2.31. The number of nitrogens with zero attached hydrogens (tertiary/aromatic N) is 3. The first-order valence-electron chi connectivity index (χ1n) is 14.1. The van der Waals surface area contributed by atoms with E-state index in [2.05, 4.69) is 63.7 Å². The Morgan fingerprint density at radius 3 is 2.17 bits per heavy atom. The van der Waals surface area contributed by atoms with E-state index in [9.17, 15) is 13.2 Å². The lowest BCUT2D eigenvalue weighted by molar-refractivity contribution is 0.0351. The molecule has 0 aliphatic carbocycles. The van der Waals surface area contributed by atoms with Crippen LogP contribution in [0.15, 0.2) is 95.2 Å². The molecule has 10 heteroatoms. The molecule has 0 radical (unpaired) electrons. The number of morpholine rings is 1. The minimum Gasteiger partial charge on any atom is -0.379 e. The topological polar surface area (TPSA) is 91.8 Å². The van der Waals surface area contributed by atoms with Crippen molar-refractivity contribution in [1.29, 1.82) is 0 Å². The number of sulfone groups is 1. The first-order chi connectivity index (χ1) is 20.4. The van der Waals surface area contributed by atoms with Gasteiger partial charge in [0.15, 0.2) is 15.0 Å². The summed E-state index contributed by atoms with van der Waals surface area (Å²) in [6.45, 7) is 5.09. The van der Waals surface area contributed by atoms with E-state index in [1.54, 1.807) is 24.3 Å². The van der Waals surface area contributed by atoms with Crippen LogP contribution >= 0.6 is 11.3 Å². The van der Waals surface area contributed by atoms with Crippen LogP contribution in [0.3, 0.4) is 0 Å². The first-order valence-corrected chi connectivity index (χ1v) is 16.9. The van der Waals surface area contributed by atoms with E-state index in [0.717, 1.165) is 31.6 Å². The predicted molar refractivity (Wildman–Crippen MR) is 168 cm³/mol. The monoisotopic (exact) mass is 604 g/mol. The van der Waals surface area contributed by atoms with Crippen molar-refractivity contribution in [2.75, 3.05) is 57.5 Å². The Balaban J connectivity index is 1.30. The molecule has 0 bridgehead atoms. The number of ether oxygens (including phenoxy) is 1. The van der Waals surface area contributed by atoms with Crippen molar-refractivity contribution in [2.24, 2.45) is 0 Å². The summed E-state index contributed by atoms with van der Waals surface area (Å²) in [4.78, 5) is 22.7. The highest BCUT2D eigenvalue weighted by molar-refractivity contribution is 7.90. The summed E-state index contributed by atoms with van der Waals surface area (Å²) in [5, 5.41) is 5.38. The van der Waals surface area contributed by atoms with Crippen LogP contribution in [0.4, 0.5) is 9.93 Å². The number of carbonyl (C=O) groups is 1. The van der Waals surface area contributed by atoms with Crippen molar-refractivity contribution >= 4 is 32.3 Å². The van der Waals surface area contributed by atoms with Gasteiger partial charge >= 0.3 is 6.03 Å². The fraction of sp³-hybridized carbons (Fsp3) is 0.312. The lowest BCUT2D eigenvalue weighted by atomic mass is 9.88. The normalized spacial score (nSPS) is 14.1. The highest BCUT2D eigenvalue weighted by atomic mass is 32.2. The smallest absolute Gasteiger partial charge is 0.323 e. The Bertz CT molecular complexity index is 1500. The Kier molecular flexibility index (Phi) is 10.0. The van der Waals surface area contributed by atoms with Crippen LogP contribution in [0.5, 0.6) is 0 Å². The van der Waals surface area contributed by atoms with E-state index >= 15 is 0 Å². The molecule has 220 valence electrons. The van der Waals surface area contributed by atoms with Crippen molar-refractivity contribution in [3.63, 3.8) is 0 Å². The third-order valence-corrected chi connectivity index (χ3v) is 9.35. The van der Waals surface area contributed by atoms with Gasteiger partial charge in [-0.05, 0) is 29.7 Å². The van der Waals surface area contributed by atoms with E-state index in [0.29, 0.717) is 37.1 Å². The SMILES string of the molecule is CS(=O)(=O)c1ccc(-c2csc(NC(=O)N(CCC(c3ccccc3)c3ccccc3)CCN3CCOCC3)n2)cc1. The van der Waals surface area contributed by atoms with Crippen molar-refractivity contribution in [2.45, 2.75) is 17.2 Å². The number of benzene rings is 3. The second-order valence-electron chi connectivity index (χ2n) is 10.4. The molecule has 2 heterocycles. The molecule has 1 saturated heterocycles. The first kappa shape index (κ1) is 29.9. The molecule has 0 atom stereocenters. The molecule has 0 unspecified atom stereocenters. The van der Waals surface area contributed by atoms with Crippen LogP contribution in [0.25, 0.3) is 11.3 Å².